The number of nitrogens with one attached hydrogen (secondary N) is 1. The smallest absolute Gasteiger partial charge is 0.264 e. The Morgan fingerprint density at radius 1 is 0.951 bits per heavy atom. The first-order chi connectivity index (χ1) is 19.5. The van der Waals surface area contributed by atoms with E-state index in [0.29, 0.717) is 17.9 Å². The van der Waals surface area contributed by atoms with Crippen molar-refractivity contribution in [3.8, 4) is 5.75 Å². The minimum atomic E-state index is -4.12. The Labute approximate surface area is 244 Å². The lowest BCUT2D eigenvalue weighted by molar-refractivity contribution is -0.139. The van der Waals surface area contributed by atoms with Crippen LogP contribution in [0.3, 0.4) is 0 Å². The predicted octanol–water partition coefficient (Wildman–Crippen LogP) is 5.09. The summed E-state index contributed by atoms with van der Waals surface area (Å²) in [7, 11) is -2.56. The van der Waals surface area contributed by atoms with Gasteiger partial charge in [-0.05, 0) is 75.1 Å². The van der Waals surface area contributed by atoms with Gasteiger partial charge in [0.15, 0.2) is 0 Å². The summed E-state index contributed by atoms with van der Waals surface area (Å²) in [6.45, 7) is 8.97. The Morgan fingerprint density at radius 3 is 2.27 bits per heavy atom. The molecule has 3 aromatic rings. The van der Waals surface area contributed by atoms with Gasteiger partial charge in [-0.1, -0.05) is 61.9 Å². The number of nitrogens with zero attached hydrogens (tertiary/aromatic N) is 2. The zero-order valence-electron chi connectivity index (χ0n) is 24.8. The minimum absolute atomic E-state index is 0.0754. The van der Waals surface area contributed by atoms with Crippen molar-refractivity contribution in [2.24, 2.45) is 0 Å². The van der Waals surface area contributed by atoms with E-state index >= 15 is 0 Å². The van der Waals surface area contributed by atoms with Crippen LogP contribution in [0.1, 0.15) is 50.8 Å². The molecule has 0 spiro atoms. The Hall–Kier alpha value is -3.85. The fraction of sp³-hybridized carbons (Fsp3) is 0.375. The molecule has 0 heterocycles. The highest BCUT2D eigenvalue weighted by molar-refractivity contribution is 7.92. The number of methoxy groups -OCH3 is 1. The number of para-hydroxylation sites is 1. The fourth-order valence-electron chi connectivity index (χ4n) is 4.42. The summed E-state index contributed by atoms with van der Waals surface area (Å²) in [5.41, 5.74) is 2.90. The second kappa shape index (κ2) is 14.2. The van der Waals surface area contributed by atoms with E-state index in [-0.39, 0.29) is 23.4 Å². The van der Waals surface area contributed by atoms with Crippen molar-refractivity contribution in [2.75, 3.05) is 18.0 Å². The molecule has 0 saturated carbocycles. The van der Waals surface area contributed by atoms with Crippen molar-refractivity contribution in [1.82, 2.24) is 10.2 Å². The van der Waals surface area contributed by atoms with Crippen molar-refractivity contribution in [2.45, 2.75) is 71.0 Å². The normalized spacial score (nSPS) is 12.7. The summed E-state index contributed by atoms with van der Waals surface area (Å²) < 4.78 is 34.6. The van der Waals surface area contributed by atoms with Gasteiger partial charge in [-0.3, -0.25) is 13.9 Å². The number of aryl methyl sites for hydroxylation is 2. The van der Waals surface area contributed by atoms with E-state index in [0.717, 1.165) is 27.4 Å². The van der Waals surface area contributed by atoms with Crippen LogP contribution in [-0.2, 0) is 32.6 Å². The number of anilines is 1. The summed E-state index contributed by atoms with van der Waals surface area (Å²) >= 11 is 0. The maximum absolute atomic E-state index is 14.1. The molecule has 3 rings (SSSR count). The first-order valence-electron chi connectivity index (χ1n) is 13.9. The highest BCUT2D eigenvalue weighted by Gasteiger charge is 2.33. The molecule has 2 amide bonds. The lowest BCUT2D eigenvalue weighted by Crippen LogP contribution is -2.52. The number of carbonyl (C=O) groups is 2. The molecule has 0 aliphatic heterocycles. The van der Waals surface area contributed by atoms with Crippen LogP contribution in [0.15, 0.2) is 77.7 Å². The Morgan fingerprint density at radius 2 is 1.63 bits per heavy atom. The molecule has 220 valence electrons. The van der Waals surface area contributed by atoms with Gasteiger partial charge in [0.05, 0.1) is 17.7 Å². The Kier molecular flexibility index (Phi) is 10.9. The molecule has 0 aromatic heterocycles. The Bertz CT molecular complexity index is 1440. The standard InChI is InChI=1S/C32H41N3O5S/c1-7-24(4)33-32(37)25(5)34(21-26-12-11-14-28(20-26)40-6)31(36)22-35(30-15-10-9-13-27(30)8-2)41(38,39)29-18-16-23(3)17-19-29/h9-20,24-25H,7-8,21-22H2,1-6H3,(H,33,37)/t24-,25+/m0/s1. The van der Waals surface area contributed by atoms with E-state index in [2.05, 4.69) is 5.32 Å². The SMILES string of the molecule is CCc1ccccc1N(CC(=O)N(Cc1cccc(OC)c1)[C@H](C)C(=O)N[C@@H](C)CC)S(=O)(=O)c1ccc(C)cc1. The molecule has 41 heavy (non-hydrogen) atoms. The maximum atomic E-state index is 14.1. The van der Waals surface area contributed by atoms with Gasteiger partial charge in [0.2, 0.25) is 11.8 Å². The van der Waals surface area contributed by atoms with E-state index in [1.54, 1.807) is 62.6 Å². The fourth-order valence-corrected chi connectivity index (χ4v) is 5.87. The number of sulfonamides is 1. The molecule has 0 unspecified atom stereocenters. The third-order valence-electron chi connectivity index (χ3n) is 7.18. The van der Waals surface area contributed by atoms with Crippen LogP contribution in [0.2, 0.25) is 0 Å². The van der Waals surface area contributed by atoms with Gasteiger partial charge in [0.1, 0.15) is 18.3 Å². The summed E-state index contributed by atoms with van der Waals surface area (Å²) in [5, 5.41) is 2.95. The van der Waals surface area contributed by atoms with Gasteiger partial charge in [0.25, 0.3) is 10.0 Å². The van der Waals surface area contributed by atoms with Crippen molar-refractivity contribution in [3.63, 3.8) is 0 Å². The molecule has 0 aliphatic rings. The number of benzene rings is 3. The van der Waals surface area contributed by atoms with Crippen LogP contribution in [-0.4, -0.2) is 50.9 Å². The van der Waals surface area contributed by atoms with Gasteiger partial charge in [-0.15, -0.1) is 0 Å². The van der Waals surface area contributed by atoms with E-state index in [9.17, 15) is 18.0 Å². The topological polar surface area (TPSA) is 96.0 Å². The third kappa shape index (κ3) is 7.88. The van der Waals surface area contributed by atoms with Gasteiger partial charge in [0, 0.05) is 12.6 Å². The molecule has 1 N–H and O–H groups in total. The summed E-state index contributed by atoms with van der Waals surface area (Å²) in [6.07, 6.45) is 1.31. The number of hydrogen-bond acceptors (Lipinski definition) is 5. The average Bonchev–Trinajstić information content (AvgIpc) is 2.98. The molecule has 0 radical (unpaired) electrons. The van der Waals surface area contributed by atoms with Gasteiger partial charge in [-0.25, -0.2) is 8.42 Å². The lowest BCUT2D eigenvalue weighted by atomic mass is 10.1. The maximum Gasteiger partial charge on any atom is 0.264 e. The largest absolute Gasteiger partial charge is 0.497 e. The monoisotopic (exact) mass is 579 g/mol. The highest BCUT2D eigenvalue weighted by atomic mass is 32.2. The van der Waals surface area contributed by atoms with Crippen molar-refractivity contribution in [1.29, 1.82) is 0 Å². The molecule has 0 fully saturated rings. The van der Waals surface area contributed by atoms with Gasteiger partial charge < -0.3 is 15.0 Å². The van der Waals surface area contributed by atoms with Crippen LogP contribution in [0, 0.1) is 6.92 Å². The van der Waals surface area contributed by atoms with Crippen molar-refractivity contribution in [3.05, 3.63) is 89.5 Å². The van der Waals surface area contributed by atoms with Crippen LogP contribution in [0.25, 0.3) is 0 Å². The van der Waals surface area contributed by atoms with E-state index < -0.39 is 28.5 Å². The molecule has 3 aromatic carbocycles. The molecule has 0 bridgehead atoms. The van der Waals surface area contributed by atoms with Gasteiger partial charge in [-0.2, -0.15) is 0 Å². The van der Waals surface area contributed by atoms with Crippen LogP contribution in [0.5, 0.6) is 5.75 Å². The predicted molar refractivity (Wildman–Crippen MR) is 162 cm³/mol. The van der Waals surface area contributed by atoms with E-state index in [1.165, 1.54) is 4.90 Å². The quantitative estimate of drug-likeness (QED) is 0.304. The molecule has 8 nitrogen and oxygen atoms in total. The van der Waals surface area contributed by atoms with Crippen LogP contribution < -0.4 is 14.4 Å². The van der Waals surface area contributed by atoms with E-state index in [4.69, 9.17) is 4.74 Å². The molecule has 2 atom stereocenters. The number of ether oxygens (including phenoxy) is 1. The number of carbonyl (C=O) groups excluding carboxylic acids is 2. The zero-order valence-corrected chi connectivity index (χ0v) is 25.6. The summed E-state index contributed by atoms with van der Waals surface area (Å²) in [4.78, 5) is 28.9. The number of amides is 2. The number of hydrogen-bond donors (Lipinski definition) is 1. The third-order valence-corrected chi connectivity index (χ3v) is 8.96. The molecule has 0 saturated heterocycles. The van der Waals surface area contributed by atoms with Crippen LogP contribution >= 0.6 is 0 Å². The van der Waals surface area contributed by atoms with Crippen molar-refractivity contribution < 1.29 is 22.7 Å². The molecule has 9 heteroatoms. The van der Waals surface area contributed by atoms with Crippen LogP contribution in [0.4, 0.5) is 5.69 Å². The lowest BCUT2D eigenvalue weighted by Gasteiger charge is -2.33. The second-order valence-electron chi connectivity index (χ2n) is 10.2. The molecule has 0 aliphatic carbocycles. The van der Waals surface area contributed by atoms with Gasteiger partial charge >= 0.3 is 0 Å². The zero-order chi connectivity index (χ0) is 30.2. The van der Waals surface area contributed by atoms with E-state index in [1.807, 2.05) is 52.0 Å². The Balaban J connectivity index is 2.07. The molecular formula is C32H41N3O5S. The number of rotatable bonds is 13. The molecular weight excluding hydrogens is 538 g/mol. The van der Waals surface area contributed by atoms with Crippen molar-refractivity contribution >= 4 is 27.5 Å². The first kappa shape index (κ1) is 31.7. The average molecular weight is 580 g/mol. The highest BCUT2D eigenvalue weighted by Crippen LogP contribution is 2.28. The summed E-state index contributed by atoms with van der Waals surface area (Å²) in [5.74, 6) is -0.189. The first-order valence-corrected chi connectivity index (χ1v) is 15.4. The second-order valence-corrected chi connectivity index (χ2v) is 12.0. The minimum Gasteiger partial charge on any atom is -0.497 e. The summed E-state index contributed by atoms with van der Waals surface area (Å²) in [6, 6.07) is 20.0.